The molecule has 1 saturated carbocycles. The van der Waals surface area contributed by atoms with Crippen molar-refractivity contribution in [2.75, 3.05) is 0 Å². The molecule has 3 rings (SSSR count). The van der Waals surface area contributed by atoms with Gasteiger partial charge in [-0.1, -0.05) is 12.8 Å². The molecular formula is C11H15N3O. The van der Waals surface area contributed by atoms with Gasteiger partial charge in [-0.05, 0) is 12.8 Å². The summed E-state index contributed by atoms with van der Waals surface area (Å²) < 4.78 is 0. The van der Waals surface area contributed by atoms with Gasteiger partial charge in [-0.3, -0.25) is 4.79 Å². The van der Waals surface area contributed by atoms with E-state index >= 15 is 0 Å². The molecule has 0 unspecified atom stereocenters. The fourth-order valence-electron chi connectivity index (χ4n) is 2.59. The quantitative estimate of drug-likeness (QED) is 0.720. The van der Waals surface area contributed by atoms with E-state index in [1.807, 2.05) is 0 Å². The van der Waals surface area contributed by atoms with Crippen molar-refractivity contribution < 1.29 is 0 Å². The van der Waals surface area contributed by atoms with Crippen LogP contribution in [0.25, 0.3) is 0 Å². The van der Waals surface area contributed by atoms with Gasteiger partial charge in [-0.15, -0.1) is 0 Å². The number of nitrogens with one attached hydrogen (secondary N) is 2. The largest absolute Gasteiger partial charge is 0.310 e. The molecule has 4 heteroatoms. The van der Waals surface area contributed by atoms with Crippen molar-refractivity contribution in [3.8, 4) is 0 Å². The van der Waals surface area contributed by atoms with E-state index in [1.54, 1.807) is 0 Å². The highest BCUT2D eigenvalue weighted by Gasteiger charge is 2.23. The van der Waals surface area contributed by atoms with Crippen molar-refractivity contribution >= 4 is 0 Å². The van der Waals surface area contributed by atoms with Gasteiger partial charge < -0.3 is 10.3 Å². The van der Waals surface area contributed by atoms with Crippen LogP contribution >= 0.6 is 0 Å². The lowest BCUT2D eigenvalue weighted by molar-refractivity contribution is 0.656. The first-order chi connectivity index (χ1) is 7.34. The predicted molar refractivity (Wildman–Crippen MR) is 56.6 cm³/mol. The Hall–Kier alpha value is -1.16. The minimum atomic E-state index is 0.0619. The number of H-pyrrole nitrogens is 1. The SMILES string of the molecule is O=c1[nH]c(C2CCCC2)nc2c1CNC2. The Morgan fingerprint density at radius 3 is 2.80 bits per heavy atom. The molecule has 1 aromatic heterocycles. The first kappa shape index (κ1) is 9.09. The Morgan fingerprint density at radius 1 is 1.20 bits per heavy atom. The fraction of sp³-hybridized carbons (Fsp3) is 0.636. The van der Waals surface area contributed by atoms with Crippen molar-refractivity contribution in [2.45, 2.75) is 44.7 Å². The normalized spacial score (nSPS) is 20.8. The zero-order valence-corrected chi connectivity index (χ0v) is 8.68. The summed E-state index contributed by atoms with van der Waals surface area (Å²) in [5.74, 6) is 1.41. The fourth-order valence-corrected chi connectivity index (χ4v) is 2.59. The molecule has 2 aliphatic rings. The second-order valence-electron chi connectivity index (χ2n) is 4.46. The minimum Gasteiger partial charge on any atom is -0.310 e. The van der Waals surface area contributed by atoms with E-state index in [4.69, 9.17) is 0 Å². The highest BCUT2D eigenvalue weighted by molar-refractivity contribution is 5.22. The van der Waals surface area contributed by atoms with Crippen LogP contribution in [0.4, 0.5) is 0 Å². The number of hydrogen-bond acceptors (Lipinski definition) is 3. The summed E-state index contributed by atoms with van der Waals surface area (Å²) in [6, 6.07) is 0. The molecule has 0 aromatic carbocycles. The molecule has 0 radical (unpaired) electrons. The zero-order chi connectivity index (χ0) is 10.3. The topological polar surface area (TPSA) is 57.8 Å². The summed E-state index contributed by atoms with van der Waals surface area (Å²) in [6.45, 7) is 1.42. The molecule has 1 aliphatic carbocycles. The zero-order valence-electron chi connectivity index (χ0n) is 8.68. The molecule has 4 nitrogen and oxygen atoms in total. The number of nitrogens with zero attached hydrogens (tertiary/aromatic N) is 1. The lowest BCUT2D eigenvalue weighted by Gasteiger charge is -2.09. The molecule has 2 heterocycles. The van der Waals surface area contributed by atoms with Gasteiger partial charge in [0.1, 0.15) is 5.82 Å². The second kappa shape index (κ2) is 3.45. The predicted octanol–water partition coefficient (Wildman–Crippen LogP) is 1.03. The molecule has 0 amide bonds. The van der Waals surface area contributed by atoms with Crippen molar-refractivity contribution in [3.63, 3.8) is 0 Å². The van der Waals surface area contributed by atoms with Gasteiger partial charge in [-0.25, -0.2) is 4.98 Å². The van der Waals surface area contributed by atoms with Gasteiger partial charge in [0.2, 0.25) is 0 Å². The van der Waals surface area contributed by atoms with Gasteiger partial charge in [0.25, 0.3) is 5.56 Å². The van der Waals surface area contributed by atoms with Crippen molar-refractivity contribution in [3.05, 3.63) is 27.4 Å². The monoisotopic (exact) mass is 205 g/mol. The highest BCUT2D eigenvalue weighted by Crippen LogP contribution is 2.31. The summed E-state index contributed by atoms with van der Waals surface area (Å²) in [7, 11) is 0. The molecule has 1 fully saturated rings. The third kappa shape index (κ3) is 1.49. The van der Waals surface area contributed by atoms with Crippen molar-refractivity contribution in [1.82, 2.24) is 15.3 Å². The molecule has 80 valence electrons. The molecule has 0 spiro atoms. The minimum absolute atomic E-state index is 0.0619. The van der Waals surface area contributed by atoms with Crippen LogP contribution in [-0.2, 0) is 13.1 Å². The maximum Gasteiger partial charge on any atom is 0.255 e. The molecule has 2 N–H and O–H groups in total. The van der Waals surface area contributed by atoms with E-state index in [-0.39, 0.29) is 5.56 Å². The van der Waals surface area contributed by atoms with Gasteiger partial charge in [-0.2, -0.15) is 0 Å². The summed E-state index contributed by atoms with van der Waals surface area (Å²) in [4.78, 5) is 19.3. The number of rotatable bonds is 1. The summed E-state index contributed by atoms with van der Waals surface area (Å²) >= 11 is 0. The Balaban J connectivity index is 2.03. The molecule has 0 atom stereocenters. The van der Waals surface area contributed by atoms with E-state index in [9.17, 15) is 4.79 Å². The van der Waals surface area contributed by atoms with Crippen LogP contribution in [0.1, 0.15) is 48.7 Å². The molecule has 0 saturated heterocycles. The maximum absolute atomic E-state index is 11.8. The summed E-state index contributed by atoms with van der Waals surface area (Å²) in [5, 5.41) is 3.16. The Morgan fingerprint density at radius 2 is 2.00 bits per heavy atom. The standard InChI is InChI=1S/C11H15N3O/c15-11-8-5-12-6-9(8)13-10(14-11)7-3-1-2-4-7/h7,12H,1-6H2,(H,13,14,15). The smallest absolute Gasteiger partial charge is 0.255 e. The third-order valence-corrected chi connectivity index (χ3v) is 3.46. The third-order valence-electron chi connectivity index (χ3n) is 3.46. The average molecular weight is 205 g/mol. The van der Waals surface area contributed by atoms with Crippen LogP contribution < -0.4 is 10.9 Å². The number of fused-ring (bicyclic) bond motifs is 1. The molecule has 1 aromatic rings. The van der Waals surface area contributed by atoms with Crippen LogP contribution in [0.3, 0.4) is 0 Å². The van der Waals surface area contributed by atoms with E-state index in [0.29, 0.717) is 12.5 Å². The Labute approximate surface area is 88.1 Å². The lowest BCUT2D eigenvalue weighted by atomic mass is 10.1. The Bertz CT molecular complexity index is 432. The first-order valence-electron chi connectivity index (χ1n) is 5.67. The number of aromatic amines is 1. The number of aromatic nitrogens is 2. The number of hydrogen-bond donors (Lipinski definition) is 2. The molecular weight excluding hydrogens is 190 g/mol. The highest BCUT2D eigenvalue weighted by atomic mass is 16.1. The summed E-state index contributed by atoms with van der Waals surface area (Å²) in [6.07, 6.45) is 4.89. The van der Waals surface area contributed by atoms with Gasteiger partial charge >= 0.3 is 0 Å². The van der Waals surface area contributed by atoms with Crippen molar-refractivity contribution in [2.24, 2.45) is 0 Å². The van der Waals surface area contributed by atoms with Crippen LogP contribution in [0, 0.1) is 0 Å². The van der Waals surface area contributed by atoms with Gasteiger partial charge in [0.15, 0.2) is 0 Å². The molecule has 0 bridgehead atoms. The van der Waals surface area contributed by atoms with Crippen LogP contribution in [0.15, 0.2) is 4.79 Å². The molecule has 1 aliphatic heterocycles. The van der Waals surface area contributed by atoms with Crippen LogP contribution in [-0.4, -0.2) is 9.97 Å². The van der Waals surface area contributed by atoms with Crippen molar-refractivity contribution in [1.29, 1.82) is 0 Å². The average Bonchev–Trinajstić information content (AvgIpc) is 2.88. The van der Waals surface area contributed by atoms with Crippen LogP contribution in [0.2, 0.25) is 0 Å². The van der Waals surface area contributed by atoms with E-state index in [2.05, 4.69) is 15.3 Å². The lowest BCUT2D eigenvalue weighted by Crippen LogP contribution is -2.18. The van der Waals surface area contributed by atoms with E-state index in [0.717, 1.165) is 23.6 Å². The molecule has 15 heavy (non-hydrogen) atoms. The van der Waals surface area contributed by atoms with E-state index in [1.165, 1.54) is 25.7 Å². The van der Waals surface area contributed by atoms with Crippen LogP contribution in [0.5, 0.6) is 0 Å². The van der Waals surface area contributed by atoms with Gasteiger partial charge in [0.05, 0.1) is 11.3 Å². The Kier molecular flexibility index (Phi) is 2.09. The second-order valence-corrected chi connectivity index (χ2v) is 4.46. The summed E-state index contributed by atoms with van der Waals surface area (Å²) in [5.41, 5.74) is 1.85. The first-order valence-corrected chi connectivity index (χ1v) is 5.67. The van der Waals surface area contributed by atoms with E-state index < -0.39 is 0 Å². The maximum atomic E-state index is 11.8. The van der Waals surface area contributed by atoms with Gasteiger partial charge in [0, 0.05) is 19.0 Å².